The van der Waals surface area contributed by atoms with Crippen molar-refractivity contribution in [3.8, 4) is 5.75 Å². The van der Waals surface area contributed by atoms with Crippen molar-refractivity contribution in [1.82, 2.24) is 9.88 Å². The van der Waals surface area contributed by atoms with E-state index in [1.54, 1.807) is 12.4 Å². The Balaban J connectivity index is 1.37. The Kier molecular flexibility index (Phi) is 5.83. The van der Waals surface area contributed by atoms with Crippen LogP contribution >= 0.6 is 0 Å². The molecule has 1 aromatic heterocycles. The fourth-order valence-electron chi connectivity index (χ4n) is 3.08. The highest BCUT2D eigenvalue weighted by molar-refractivity contribution is 5.76. The van der Waals surface area contributed by atoms with Crippen LogP contribution in [-0.4, -0.2) is 35.0 Å². The Morgan fingerprint density at radius 1 is 1.12 bits per heavy atom. The highest BCUT2D eigenvalue weighted by atomic mass is 16.5. The number of rotatable bonds is 6. The molecule has 1 amide bonds. The lowest BCUT2D eigenvalue weighted by atomic mass is 10.1. The van der Waals surface area contributed by atoms with Crippen LogP contribution in [0.5, 0.6) is 5.75 Å². The predicted octanol–water partition coefficient (Wildman–Crippen LogP) is 3.47. The summed E-state index contributed by atoms with van der Waals surface area (Å²) in [6.45, 7) is 1.57. The first-order chi connectivity index (χ1) is 11.8. The monoisotopic (exact) mass is 324 g/mol. The number of carbonyl (C=O) groups is 1. The normalized spacial score (nSPS) is 15.2. The maximum absolute atomic E-state index is 12.3. The van der Waals surface area contributed by atoms with Crippen molar-refractivity contribution in [3.05, 3.63) is 60.4 Å². The Labute approximate surface area is 143 Å². The molecule has 0 saturated carbocycles. The van der Waals surface area contributed by atoms with Gasteiger partial charge in [-0.3, -0.25) is 9.78 Å². The van der Waals surface area contributed by atoms with Crippen LogP contribution in [0, 0.1) is 0 Å². The summed E-state index contributed by atoms with van der Waals surface area (Å²) < 4.78 is 5.92. The molecule has 3 rings (SSSR count). The predicted molar refractivity (Wildman–Crippen MR) is 93.8 cm³/mol. The minimum Gasteiger partial charge on any atom is -0.489 e. The first-order valence-corrected chi connectivity index (χ1v) is 8.69. The van der Waals surface area contributed by atoms with Crippen molar-refractivity contribution in [2.45, 2.75) is 38.2 Å². The summed E-state index contributed by atoms with van der Waals surface area (Å²) in [5, 5.41) is 0. The largest absolute Gasteiger partial charge is 0.489 e. The zero-order valence-electron chi connectivity index (χ0n) is 13.9. The van der Waals surface area contributed by atoms with E-state index in [2.05, 4.69) is 17.1 Å². The second-order valence-corrected chi connectivity index (χ2v) is 6.23. The molecule has 2 heterocycles. The maximum Gasteiger partial charge on any atom is 0.222 e. The molecule has 0 spiro atoms. The van der Waals surface area contributed by atoms with Gasteiger partial charge in [0.2, 0.25) is 5.91 Å². The van der Waals surface area contributed by atoms with E-state index >= 15 is 0 Å². The molecule has 4 heteroatoms. The van der Waals surface area contributed by atoms with Crippen LogP contribution in [0.15, 0.2) is 54.9 Å². The van der Waals surface area contributed by atoms with Gasteiger partial charge in [0.1, 0.15) is 11.9 Å². The fraction of sp³-hybridized carbons (Fsp3) is 0.400. The molecule has 0 radical (unpaired) electrons. The Morgan fingerprint density at radius 3 is 2.62 bits per heavy atom. The lowest BCUT2D eigenvalue weighted by Gasteiger charge is -2.32. The smallest absolute Gasteiger partial charge is 0.222 e. The summed E-state index contributed by atoms with van der Waals surface area (Å²) in [6.07, 6.45) is 7.94. The molecule has 1 aliphatic heterocycles. The van der Waals surface area contributed by atoms with Crippen LogP contribution < -0.4 is 4.74 Å². The summed E-state index contributed by atoms with van der Waals surface area (Å²) in [4.78, 5) is 18.4. The molecular weight excluding hydrogens is 300 g/mol. The number of piperidine rings is 1. The quantitative estimate of drug-likeness (QED) is 0.817. The van der Waals surface area contributed by atoms with Gasteiger partial charge >= 0.3 is 0 Å². The van der Waals surface area contributed by atoms with Crippen LogP contribution in [0.25, 0.3) is 0 Å². The van der Waals surface area contributed by atoms with Crippen LogP contribution in [0.3, 0.4) is 0 Å². The molecule has 4 nitrogen and oxygen atoms in total. The standard InChI is InChI=1S/C20H24N2O2/c23-20(10-4-8-17-6-2-1-3-7-17)22-14-11-18(12-15-22)24-19-9-5-13-21-16-19/h1-3,5-7,9,13,16,18H,4,8,10-12,14-15H2. The van der Waals surface area contributed by atoms with Gasteiger partial charge < -0.3 is 9.64 Å². The fourth-order valence-corrected chi connectivity index (χ4v) is 3.08. The molecule has 1 fully saturated rings. The van der Waals surface area contributed by atoms with E-state index in [9.17, 15) is 4.79 Å². The average Bonchev–Trinajstić information content (AvgIpc) is 2.64. The lowest BCUT2D eigenvalue weighted by Crippen LogP contribution is -2.41. The lowest BCUT2D eigenvalue weighted by molar-refractivity contribution is -0.133. The molecule has 0 bridgehead atoms. The van der Waals surface area contributed by atoms with Gasteiger partial charge in [-0.1, -0.05) is 30.3 Å². The van der Waals surface area contributed by atoms with Crippen molar-refractivity contribution in [2.75, 3.05) is 13.1 Å². The molecule has 126 valence electrons. The third kappa shape index (κ3) is 4.82. The summed E-state index contributed by atoms with van der Waals surface area (Å²) in [6, 6.07) is 14.1. The van der Waals surface area contributed by atoms with Crippen LogP contribution in [-0.2, 0) is 11.2 Å². The van der Waals surface area contributed by atoms with Gasteiger partial charge in [-0.2, -0.15) is 0 Å². The second-order valence-electron chi connectivity index (χ2n) is 6.23. The number of likely N-dealkylation sites (tertiary alicyclic amines) is 1. The molecule has 1 aliphatic rings. The van der Waals surface area contributed by atoms with Crippen molar-refractivity contribution in [3.63, 3.8) is 0 Å². The molecule has 1 aromatic carbocycles. The zero-order valence-corrected chi connectivity index (χ0v) is 13.9. The van der Waals surface area contributed by atoms with Gasteiger partial charge in [-0.25, -0.2) is 0 Å². The minimum absolute atomic E-state index is 0.183. The van der Waals surface area contributed by atoms with E-state index in [0.717, 1.165) is 44.5 Å². The molecule has 2 aromatic rings. The molecule has 0 N–H and O–H groups in total. The van der Waals surface area contributed by atoms with Gasteiger partial charge in [0.15, 0.2) is 0 Å². The number of benzene rings is 1. The van der Waals surface area contributed by atoms with Crippen LogP contribution in [0.2, 0.25) is 0 Å². The topological polar surface area (TPSA) is 42.4 Å². The number of hydrogen-bond donors (Lipinski definition) is 0. The first-order valence-electron chi connectivity index (χ1n) is 8.69. The van der Waals surface area contributed by atoms with Gasteiger partial charge in [-0.15, -0.1) is 0 Å². The van der Waals surface area contributed by atoms with Crippen molar-refractivity contribution < 1.29 is 9.53 Å². The van der Waals surface area contributed by atoms with Crippen molar-refractivity contribution >= 4 is 5.91 Å². The SMILES string of the molecule is O=C(CCCc1ccccc1)N1CCC(Oc2cccnc2)CC1. The molecule has 0 atom stereocenters. The summed E-state index contributed by atoms with van der Waals surface area (Å²) in [5.41, 5.74) is 1.30. The number of nitrogens with zero attached hydrogens (tertiary/aromatic N) is 2. The number of pyridine rings is 1. The Hall–Kier alpha value is -2.36. The summed E-state index contributed by atoms with van der Waals surface area (Å²) >= 11 is 0. The molecule has 1 saturated heterocycles. The number of aryl methyl sites for hydroxylation is 1. The Morgan fingerprint density at radius 2 is 1.92 bits per heavy atom. The number of ether oxygens (including phenoxy) is 1. The average molecular weight is 324 g/mol. The molecular formula is C20H24N2O2. The third-order valence-electron chi connectivity index (χ3n) is 4.43. The van der Waals surface area contributed by atoms with Gasteiger partial charge in [0.05, 0.1) is 6.20 Å². The first kappa shape index (κ1) is 16.5. The molecule has 24 heavy (non-hydrogen) atoms. The van der Waals surface area contributed by atoms with E-state index in [1.807, 2.05) is 35.2 Å². The van der Waals surface area contributed by atoms with E-state index in [1.165, 1.54) is 5.56 Å². The number of carbonyl (C=O) groups excluding carboxylic acids is 1. The molecule has 0 unspecified atom stereocenters. The highest BCUT2D eigenvalue weighted by Crippen LogP contribution is 2.19. The van der Waals surface area contributed by atoms with E-state index in [-0.39, 0.29) is 12.0 Å². The van der Waals surface area contributed by atoms with Gasteiger partial charge in [-0.05, 0) is 30.5 Å². The number of hydrogen-bond acceptors (Lipinski definition) is 3. The highest BCUT2D eigenvalue weighted by Gasteiger charge is 2.23. The van der Waals surface area contributed by atoms with E-state index in [0.29, 0.717) is 6.42 Å². The van der Waals surface area contributed by atoms with Crippen molar-refractivity contribution in [1.29, 1.82) is 0 Å². The molecule has 0 aliphatic carbocycles. The summed E-state index contributed by atoms with van der Waals surface area (Å²) in [7, 11) is 0. The van der Waals surface area contributed by atoms with E-state index < -0.39 is 0 Å². The van der Waals surface area contributed by atoms with Gasteiger partial charge in [0.25, 0.3) is 0 Å². The maximum atomic E-state index is 12.3. The number of aromatic nitrogens is 1. The van der Waals surface area contributed by atoms with Crippen molar-refractivity contribution in [2.24, 2.45) is 0 Å². The second kappa shape index (κ2) is 8.48. The van der Waals surface area contributed by atoms with Gasteiger partial charge in [0, 0.05) is 38.5 Å². The zero-order chi connectivity index (χ0) is 16.6. The number of amides is 1. The minimum atomic E-state index is 0.183. The van der Waals surface area contributed by atoms with E-state index in [4.69, 9.17) is 4.74 Å². The Bertz CT molecular complexity index is 623. The van der Waals surface area contributed by atoms with Crippen LogP contribution in [0.1, 0.15) is 31.2 Å². The van der Waals surface area contributed by atoms with Crippen LogP contribution in [0.4, 0.5) is 0 Å². The summed E-state index contributed by atoms with van der Waals surface area (Å²) in [5.74, 6) is 1.08. The third-order valence-corrected chi connectivity index (χ3v) is 4.43.